The average Bonchev–Trinajstić information content (AvgIpc) is 2.45. The molecular formula is C17H17NO4. The number of ether oxygens (including phenoxy) is 1. The molecule has 0 N–H and O–H groups in total. The maximum absolute atomic E-state index is 12.1. The summed E-state index contributed by atoms with van der Waals surface area (Å²) in [6.45, 7) is 5.84. The summed E-state index contributed by atoms with van der Waals surface area (Å²) in [5, 5.41) is 11.2. The number of nitro groups is 1. The van der Waals surface area contributed by atoms with Crippen molar-refractivity contribution < 1.29 is 14.5 Å². The van der Waals surface area contributed by atoms with E-state index in [1.807, 2.05) is 32.9 Å². The van der Waals surface area contributed by atoms with Gasteiger partial charge in [-0.1, -0.05) is 29.8 Å². The van der Waals surface area contributed by atoms with Crippen molar-refractivity contribution in [3.63, 3.8) is 0 Å². The Balaban J connectivity index is 2.85. The Kier molecular flexibility index (Phi) is 4.26. The van der Waals surface area contributed by atoms with Crippen LogP contribution in [0.4, 0.5) is 5.69 Å². The highest BCUT2D eigenvalue weighted by Gasteiger charge is 2.26. The van der Waals surface area contributed by atoms with Gasteiger partial charge in [0, 0.05) is 11.6 Å². The summed E-state index contributed by atoms with van der Waals surface area (Å²) in [6.07, 6.45) is 0. The maximum Gasteiger partial charge on any atom is 0.345 e. The topological polar surface area (TPSA) is 69.4 Å². The van der Waals surface area contributed by atoms with Crippen LogP contribution in [0.15, 0.2) is 30.3 Å². The predicted octanol–water partition coefficient (Wildman–Crippen LogP) is 3.97. The molecule has 2 aromatic rings. The van der Waals surface area contributed by atoms with Crippen LogP contribution < -0.4 is 0 Å². The van der Waals surface area contributed by atoms with Crippen LogP contribution >= 0.6 is 0 Å². The Morgan fingerprint density at radius 3 is 2.23 bits per heavy atom. The molecule has 0 heterocycles. The van der Waals surface area contributed by atoms with Crippen LogP contribution in [0.3, 0.4) is 0 Å². The van der Waals surface area contributed by atoms with Gasteiger partial charge < -0.3 is 4.74 Å². The highest BCUT2D eigenvalue weighted by atomic mass is 16.6. The lowest BCUT2D eigenvalue weighted by Crippen LogP contribution is -2.08. The maximum atomic E-state index is 12.1. The Morgan fingerprint density at radius 1 is 1.14 bits per heavy atom. The van der Waals surface area contributed by atoms with E-state index in [1.165, 1.54) is 13.2 Å². The molecule has 0 amide bonds. The monoisotopic (exact) mass is 299 g/mol. The van der Waals surface area contributed by atoms with Gasteiger partial charge in [-0.3, -0.25) is 10.1 Å². The summed E-state index contributed by atoms with van der Waals surface area (Å²) in [5.41, 5.74) is 4.12. The van der Waals surface area contributed by atoms with Crippen LogP contribution in [-0.4, -0.2) is 18.0 Å². The van der Waals surface area contributed by atoms with Crippen molar-refractivity contribution in [2.24, 2.45) is 0 Å². The molecule has 0 saturated carbocycles. The van der Waals surface area contributed by atoms with E-state index in [-0.39, 0.29) is 11.3 Å². The molecule has 0 aliphatic heterocycles. The minimum atomic E-state index is -0.707. The molecule has 5 nitrogen and oxygen atoms in total. The molecule has 22 heavy (non-hydrogen) atoms. The van der Waals surface area contributed by atoms with Gasteiger partial charge in [0.1, 0.15) is 5.56 Å². The van der Waals surface area contributed by atoms with E-state index >= 15 is 0 Å². The molecule has 0 spiro atoms. The second-order valence-electron chi connectivity index (χ2n) is 5.22. The number of nitro benzene ring substituents is 1. The van der Waals surface area contributed by atoms with Crippen molar-refractivity contribution in [1.82, 2.24) is 0 Å². The normalized spacial score (nSPS) is 10.4. The zero-order valence-electron chi connectivity index (χ0n) is 13.0. The number of methoxy groups -OCH3 is 1. The van der Waals surface area contributed by atoms with E-state index in [0.29, 0.717) is 5.56 Å². The highest BCUT2D eigenvalue weighted by molar-refractivity contribution is 6.02. The molecular weight excluding hydrogens is 282 g/mol. The van der Waals surface area contributed by atoms with E-state index < -0.39 is 10.9 Å². The molecule has 114 valence electrons. The van der Waals surface area contributed by atoms with Crippen LogP contribution in [-0.2, 0) is 4.74 Å². The lowest BCUT2D eigenvalue weighted by Gasteiger charge is -2.14. The number of carbonyl (C=O) groups is 1. The molecule has 0 fully saturated rings. The summed E-state index contributed by atoms with van der Waals surface area (Å²) in [5.74, 6) is -0.707. The Morgan fingerprint density at radius 2 is 1.73 bits per heavy atom. The SMILES string of the molecule is COC(=O)c1c(-c2c(C)cc(C)cc2C)cccc1[N+](=O)[O-]. The summed E-state index contributed by atoms with van der Waals surface area (Å²) in [7, 11) is 1.22. The largest absolute Gasteiger partial charge is 0.465 e. The second kappa shape index (κ2) is 5.97. The summed E-state index contributed by atoms with van der Waals surface area (Å²) in [6, 6.07) is 8.58. The molecule has 5 heteroatoms. The highest BCUT2D eigenvalue weighted by Crippen LogP contribution is 2.35. The van der Waals surface area contributed by atoms with Gasteiger partial charge in [0.25, 0.3) is 5.69 Å². The second-order valence-corrected chi connectivity index (χ2v) is 5.22. The average molecular weight is 299 g/mol. The zero-order chi connectivity index (χ0) is 16.4. The van der Waals surface area contributed by atoms with Gasteiger partial charge in [-0.2, -0.15) is 0 Å². The number of hydrogen-bond acceptors (Lipinski definition) is 4. The zero-order valence-corrected chi connectivity index (χ0v) is 13.0. The van der Waals surface area contributed by atoms with E-state index in [2.05, 4.69) is 0 Å². The van der Waals surface area contributed by atoms with Crippen molar-refractivity contribution in [2.75, 3.05) is 7.11 Å². The van der Waals surface area contributed by atoms with Gasteiger partial charge in [0.2, 0.25) is 0 Å². The fourth-order valence-electron chi connectivity index (χ4n) is 2.82. The van der Waals surface area contributed by atoms with Gasteiger partial charge in [0.05, 0.1) is 12.0 Å². The minimum Gasteiger partial charge on any atom is -0.465 e. The molecule has 0 aromatic heterocycles. The van der Waals surface area contributed by atoms with Crippen LogP contribution in [0.1, 0.15) is 27.0 Å². The van der Waals surface area contributed by atoms with E-state index in [9.17, 15) is 14.9 Å². The smallest absolute Gasteiger partial charge is 0.345 e. The van der Waals surface area contributed by atoms with Gasteiger partial charge >= 0.3 is 5.97 Å². The lowest BCUT2D eigenvalue weighted by atomic mass is 9.90. The van der Waals surface area contributed by atoms with Crippen LogP contribution in [0.5, 0.6) is 0 Å². The third-order valence-corrected chi connectivity index (χ3v) is 3.58. The number of hydrogen-bond donors (Lipinski definition) is 0. The molecule has 0 aliphatic rings. The number of nitrogens with zero attached hydrogens (tertiary/aromatic N) is 1. The lowest BCUT2D eigenvalue weighted by molar-refractivity contribution is -0.385. The Bertz CT molecular complexity index is 742. The van der Waals surface area contributed by atoms with Gasteiger partial charge in [-0.05, 0) is 37.5 Å². The molecule has 2 aromatic carbocycles. The number of benzene rings is 2. The van der Waals surface area contributed by atoms with Crippen molar-refractivity contribution in [3.05, 3.63) is 62.7 Å². The van der Waals surface area contributed by atoms with Crippen molar-refractivity contribution in [3.8, 4) is 11.1 Å². The molecule has 2 rings (SSSR count). The fraction of sp³-hybridized carbons (Fsp3) is 0.235. The summed E-state index contributed by atoms with van der Waals surface area (Å²) >= 11 is 0. The number of rotatable bonds is 3. The van der Waals surface area contributed by atoms with E-state index in [4.69, 9.17) is 4.74 Å². The van der Waals surface area contributed by atoms with Gasteiger partial charge in [-0.25, -0.2) is 4.79 Å². The van der Waals surface area contributed by atoms with Crippen molar-refractivity contribution >= 4 is 11.7 Å². The van der Waals surface area contributed by atoms with Gasteiger partial charge in [0.15, 0.2) is 0 Å². The molecule has 0 aliphatic carbocycles. The standard InChI is InChI=1S/C17H17NO4/c1-10-8-11(2)15(12(3)9-10)13-6-5-7-14(18(20)21)16(13)17(19)22-4/h5-9H,1-4H3. The Hall–Kier alpha value is -2.69. The first-order valence-electron chi connectivity index (χ1n) is 6.80. The summed E-state index contributed by atoms with van der Waals surface area (Å²) < 4.78 is 4.75. The van der Waals surface area contributed by atoms with Gasteiger partial charge in [-0.15, -0.1) is 0 Å². The number of aryl methyl sites for hydroxylation is 3. The van der Waals surface area contributed by atoms with Crippen LogP contribution in [0.2, 0.25) is 0 Å². The molecule has 0 unspecified atom stereocenters. The van der Waals surface area contributed by atoms with Crippen molar-refractivity contribution in [1.29, 1.82) is 0 Å². The first kappa shape index (κ1) is 15.7. The third-order valence-electron chi connectivity index (χ3n) is 3.58. The molecule has 0 atom stereocenters. The quantitative estimate of drug-likeness (QED) is 0.488. The van der Waals surface area contributed by atoms with E-state index in [1.54, 1.807) is 12.1 Å². The van der Waals surface area contributed by atoms with E-state index in [0.717, 1.165) is 22.3 Å². The molecule has 0 saturated heterocycles. The first-order valence-corrected chi connectivity index (χ1v) is 6.80. The van der Waals surface area contributed by atoms with Crippen molar-refractivity contribution in [2.45, 2.75) is 20.8 Å². The Labute approximate surface area is 128 Å². The summed E-state index contributed by atoms with van der Waals surface area (Å²) in [4.78, 5) is 22.8. The number of carbonyl (C=O) groups excluding carboxylic acids is 1. The fourth-order valence-corrected chi connectivity index (χ4v) is 2.82. The third kappa shape index (κ3) is 2.70. The molecule has 0 bridgehead atoms. The first-order chi connectivity index (χ1) is 10.4. The molecule has 0 radical (unpaired) electrons. The minimum absolute atomic E-state index is 0.00921. The predicted molar refractivity (Wildman–Crippen MR) is 84.1 cm³/mol. The number of esters is 1. The van der Waals surface area contributed by atoms with Crippen LogP contribution in [0.25, 0.3) is 11.1 Å². The van der Waals surface area contributed by atoms with Crippen LogP contribution in [0, 0.1) is 30.9 Å².